The van der Waals surface area contributed by atoms with E-state index in [1.54, 1.807) is 0 Å². The molecule has 0 radical (unpaired) electrons. The summed E-state index contributed by atoms with van der Waals surface area (Å²) in [5.41, 5.74) is 2.41. The summed E-state index contributed by atoms with van der Waals surface area (Å²) in [6.07, 6.45) is 9.17. The molecule has 3 aliphatic rings. The van der Waals surface area contributed by atoms with Gasteiger partial charge in [0.15, 0.2) is 0 Å². The summed E-state index contributed by atoms with van der Waals surface area (Å²) in [5.74, 6) is 0.610. The fraction of sp³-hybridized carbons (Fsp3) is 0.273. The van der Waals surface area contributed by atoms with Crippen LogP contribution in [0.4, 0.5) is 0 Å². The molecule has 0 spiro atoms. The van der Waals surface area contributed by atoms with E-state index in [0.717, 1.165) is 0 Å². The Morgan fingerprint density at radius 2 is 0.917 bits per heavy atom. The zero-order chi connectivity index (χ0) is 16.2. The first-order valence-corrected chi connectivity index (χ1v) is 8.58. The van der Waals surface area contributed by atoms with E-state index in [-0.39, 0.29) is 12.2 Å². The Bertz CT molecular complexity index is 630. The molecule has 0 fully saturated rings. The fourth-order valence-electron chi connectivity index (χ4n) is 3.46. The van der Waals surface area contributed by atoms with Gasteiger partial charge in [-0.25, -0.2) is 0 Å². The van der Waals surface area contributed by atoms with Crippen LogP contribution in [0.3, 0.4) is 0 Å². The molecule has 0 saturated carbocycles. The fourth-order valence-corrected chi connectivity index (χ4v) is 3.46. The van der Waals surface area contributed by atoms with Crippen molar-refractivity contribution in [1.29, 1.82) is 0 Å². The van der Waals surface area contributed by atoms with Crippen molar-refractivity contribution < 1.29 is 9.47 Å². The Balaban J connectivity index is 1.44. The second-order valence-electron chi connectivity index (χ2n) is 6.45. The van der Waals surface area contributed by atoms with Gasteiger partial charge in [0.2, 0.25) is 0 Å². The van der Waals surface area contributed by atoms with Gasteiger partial charge in [0.05, 0.1) is 25.4 Å². The monoisotopic (exact) mass is 318 g/mol. The van der Waals surface area contributed by atoms with Crippen LogP contribution in [0.2, 0.25) is 0 Å². The minimum Gasteiger partial charge on any atom is -0.370 e. The Morgan fingerprint density at radius 3 is 1.29 bits per heavy atom. The van der Waals surface area contributed by atoms with Crippen molar-refractivity contribution in [2.75, 3.05) is 0 Å². The Hall–Kier alpha value is -2.16. The highest BCUT2D eigenvalue weighted by atomic mass is 16.5. The second kappa shape index (κ2) is 7.16. The van der Waals surface area contributed by atoms with Crippen LogP contribution in [0, 0.1) is 11.8 Å². The molecule has 0 unspecified atom stereocenters. The van der Waals surface area contributed by atoms with Gasteiger partial charge in [0.1, 0.15) is 0 Å². The molecule has 122 valence electrons. The summed E-state index contributed by atoms with van der Waals surface area (Å²) in [4.78, 5) is 0. The summed E-state index contributed by atoms with van der Waals surface area (Å²) in [6.45, 7) is 1.25. The number of hydrogen-bond acceptors (Lipinski definition) is 2. The zero-order valence-corrected chi connectivity index (χ0v) is 13.6. The molecule has 0 amide bonds. The number of hydrogen-bond donors (Lipinski definition) is 0. The predicted molar refractivity (Wildman–Crippen MR) is 95.3 cm³/mol. The maximum Gasteiger partial charge on any atom is 0.0947 e. The quantitative estimate of drug-likeness (QED) is 0.729. The second-order valence-corrected chi connectivity index (χ2v) is 6.45. The lowest BCUT2D eigenvalue weighted by Crippen LogP contribution is -2.45. The smallest absolute Gasteiger partial charge is 0.0947 e. The number of ether oxygens (including phenoxy) is 2. The van der Waals surface area contributed by atoms with E-state index in [4.69, 9.17) is 9.47 Å². The SMILES string of the molecule is C1=CC2C=CC1[C@@H](OCc1ccccc1)[C@@H]2OCc1ccccc1. The van der Waals surface area contributed by atoms with Gasteiger partial charge < -0.3 is 9.47 Å². The van der Waals surface area contributed by atoms with Crippen LogP contribution in [-0.4, -0.2) is 12.2 Å². The van der Waals surface area contributed by atoms with E-state index in [0.29, 0.717) is 25.0 Å². The highest BCUT2D eigenvalue weighted by Gasteiger charge is 2.39. The van der Waals surface area contributed by atoms with Crippen molar-refractivity contribution in [1.82, 2.24) is 0 Å². The highest BCUT2D eigenvalue weighted by Crippen LogP contribution is 2.36. The predicted octanol–water partition coefficient (Wildman–Crippen LogP) is 4.53. The van der Waals surface area contributed by atoms with E-state index in [1.807, 2.05) is 12.1 Å². The van der Waals surface area contributed by atoms with Gasteiger partial charge in [0, 0.05) is 11.8 Å². The van der Waals surface area contributed by atoms with Crippen LogP contribution in [0.1, 0.15) is 11.1 Å². The van der Waals surface area contributed by atoms with Gasteiger partial charge in [-0.15, -0.1) is 0 Å². The molecule has 2 aromatic carbocycles. The van der Waals surface area contributed by atoms with Gasteiger partial charge in [-0.2, -0.15) is 0 Å². The molecule has 2 heteroatoms. The number of rotatable bonds is 6. The van der Waals surface area contributed by atoms with Crippen LogP contribution in [0.5, 0.6) is 0 Å². The van der Waals surface area contributed by atoms with E-state index in [1.165, 1.54) is 11.1 Å². The molecule has 2 bridgehead atoms. The lowest BCUT2D eigenvalue weighted by molar-refractivity contribution is -0.114. The van der Waals surface area contributed by atoms with Crippen LogP contribution in [0.15, 0.2) is 85.0 Å². The summed E-state index contributed by atoms with van der Waals surface area (Å²) in [7, 11) is 0. The molecule has 2 aromatic rings. The largest absolute Gasteiger partial charge is 0.370 e. The van der Waals surface area contributed by atoms with Gasteiger partial charge in [-0.1, -0.05) is 85.0 Å². The summed E-state index contributed by atoms with van der Waals surface area (Å²) >= 11 is 0. The van der Waals surface area contributed by atoms with Crippen molar-refractivity contribution in [2.45, 2.75) is 25.4 Å². The third kappa shape index (κ3) is 3.35. The number of fused-ring (bicyclic) bond motifs is 1. The minimum atomic E-state index is 0.0777. The average Bonchev–Trinajstić information content (AvgIpc) is 2.67. The molecule has 2 atom stereocenters. The van der Waals surface area contributed by atoms with Crippen molar-refractivity contribution in [2.24, 2.45) is 11.8 Å². The van der Waals surface area contributed by atoms with Gasteiger partial charge in [-0.3, -0.25) is 0 Å². The topological polar surface area (TPSA) is 18.5 Å². The first-order valence-electron chi connectivity index (χ1n) is 8.58. The summed E-state index contributed by atoms with van der Waals surface area (Å²) in [6, 6.07) is 20.7. The summed E-state index contributed by atoms with van der Waals surface area (Å²) < 4.78 is 12.6. The maximum atomic E-state index is 6.28. The maximum absolute atomic E-state index is 6.28. The van der Waals surface area contributed by atoms with Gasteiger partial charge >= 0.3 is 0 Å². The summed E-state index contributed by atoms with van der Waals surface area (Å²) in [5, 5.41) is 0. The average molecular weight is 318 g/mol. The molecule has 0 aliphatic heterocycles. The molecule has 0 aromatic heterocycles. The Labute approximate surface area is 143 Å². The molecular formula is C22H22O2. The van der Waals surface area contributed by atoms with Crippen LogP contribution in [0.25, 0.3) is 0 Å². The molecular weight excluding hydrogens is 296 g/mol. The molecule has 0 heterocycles. The third-order valence-electron chi connectivity index (χ3n) is 4.76. The van der Waals surface area contributed by atoms with Gasteiger partial charge in [0.25, 0.3) is 0 Å². The van der Waals surface area contributed by atoms with E-state index >= 15 is 0 Å². The lowest BCUT2D eigenvalue weighted by atomic mass is 9.77. The van der Waals surface area contributed by atoms with Crippen molar-refractivity contribution >= 4 is 0 Å². The van der Waals surface area contributed by atoms with E-state index in [2.05, 4.69) is 72.8 Å². The standard InChI is InChI=1S/C22H22O2/c1-3-7-17(8-4-1)15-23-21-19-11-13-20(14-12-19)22(21)24-16-18-9-5-2-6-10-18/h1-14,19-22H,15-16H2/t19?,20?,21-,22-/m1/s1. The van der Waals surface area contributed by atoms with E-state index < -0.39 is 0 Å². The van der Waals surface area contributed by atoms with E-state index in [9.17, 15) is 0 Å². The molecule has 5 rings (SSSR count). The molecule has 0 N–H and O–H groups in total. The zero-order valence-electron chi connectivity index (χ0n) is 13.6. The normalized spacial score (nSPS) is 27.5. The first kappa shape index (κ1) is 15.4. The van der Waals surface area contributed by atoms with Crippen LogP contribution < -0.4 is 0 Å². The molecule has 2 nitrogen and oxygen atoms in total. The van der Waals surface area contributed by atoms with Crippen LogP contribution in [-0.2, 0) is 22.7 Å². The van der Waals surface area contributed by atoms with Crippen molar-refractivity contribution in [3.05, 3.63) is 96.1 Å². The van der Waals surface area contributed by atoms with Crippen molar-refractivity contribution in [3.63, 3.8) is 0 Å². The molecule has 24 heavy (non-hydrogen) atoms. The lowest BCUT2D eigenvalue weighted by Gasteiger charge is -2.40. The molecule has 0 saturated heterocycles. The molecule has 3 aliphatic carbocycles. The van der Waals surface area contributed by atoms with Crippen molar-refractivity contribution in [3.8, 4) is 0 Å². The Morgan fingerprint density at radius 1 is 0.542 bits per heavy atom. The van der Waals surface area contributed by atoms with Gasteiger partial charge in [-0.05, 0) is 11.1 Å². The van der Waals surface area contributed by atoms with Crippen LogP contribution >= 0.6 is 0 Å². The highest BCUT2D eigenvalue weighted by molar-refractivity contribution is 5.24. The Kier molecular flexibility index (Phi) is 4.59. The number of benzene rings is 2. The first-order chi connectivity index (χ1) is 11.9. The third-order valence-corrected chi connectivity index (χ3v) is 4.76. The minimum absolute atomic E-state index is 0.0777.